The first-order chi connectivity index (χ1) is 22.1. The molecule has 0 radical (unpaired) electrons. The summed E-state index contributed by atoms with van der Waals surface area (Å²) in [7, 11) is 0. The number of thiazole rings is 1. The van der Waals surface area contributed by atoms with Crippen molar-refractivity contribution < 1.29 is 33.8 Å². The number of carbonyl (C=O) groups is 4. The van der Waals surface area contributed by atoms with Gasteiger partial charge in [0.15, 0.2) is 5.13 Å². The van der Waals surface area contributed by atoms with Gasteiger partial charge in [0.05, 0.1) is 15.8 Å². The molecule has 4 aromatic rings. The van der Waals surface area contributed by atoms with Crippen LogP contribution in [0.4, 0.5) is 14.7 Å². The zero-order chi connectivity index (χ0) is 35.2. The highest BCUT2D eigenvalue weighted by Crippen LogP contribution is 2.26. The third-order valence-electron chi connectivity index (χ3n) is 5.59. The molecule has 0 bridgehead atoms. The molecule has 4 rings (SSSR count). The van der Waals surface area contributed by atoms with Crippen LogP contribution in [0.3, 0.4) is 0 Å². The van der Waals surface area contributed by atoms with Crippen LogP contribution < -0.4 is 16.0 Å². The van der Waals surface area contributed by atoms with E-state index in [2.05, 4.69) is 20.9 Å². The Labute approximate surface area is 279 Å². The Balaban J connectivity index is 0.000000335. The van der Waals surface area contributed by atoms with Gasteiger partial charge in [-0.3, -0.25) is 10.1 Å². The Morgan fingerprint density at radius 2 is 1.40 bits per heavy atom. The highest BCUT2D eigenvalue weighted by Gasteiger charge is 2.26. The second-order valence-electron chi connectivity index (χ2n) is 11.8. The number of hydrogen-bond donors (Lipinski definition) is 4. The van der Waals surface area contributed by atoms with E-state index in [9.17, 15) is 19.2 Å². The van der Waals surface area contributed by atoms with Gasteiger partial charge in [0, 0.05) is 6.54 Å². The molecule has 0 spiro atoms. The molecule has 1 heterocycles. The third kappa shape index (κ3) is 13.9. The SMILES string of the molecule is CC.CC(C)(C)OC(=O)NC(C(=O)Nc1nc2ccccc2s1)c1ccccc1.CC(C)(C)OC(=O)NCc1cccc(C(=O)O)c1. The molecule has 0 fully saturated rings. The summed E-state index contributed by atoms with van der Waals surface area (Å²) >= 11 is 1.38. The van der Waals surface area contributed by atoms with Crippen molar-refractivity contribution in [2.75, 3.05) is 5.32 Å². The van der Waals surface area contributed by atoms with Crippen molar-refractivity contribution in [2.45, 2.75) is 79.2 Å². The van der Waals surface area contributed by atoms with E-state index >= 15 is 0 Å². The molecule has 252 valence electrons. The molecule has 12 heteroatoms. The highest BCUT2D eigenvalue weighted by atomic mass is 32.1. The third-order valence-corrected chi connectivity index (χ3v) is 6.54. The van der Waals surface area contributed by atoms with Crippen molar-refractivity contribution in [3.63, 3.8) is 0 Å². The van der Waals surface area contributed by atoms with Crippen LogP contribution in [0.2, 0.25) is 0 Å². The molecular formula is C35H44N4O7S. The van der Waals surface area contributed by atoms with Crippen LogP contribution in [0.5, 0.6) is 0 Å². The Bertz CT molecular complexity index is 1590. The van der Waals surface area contributed by atoms with E-state index < -0.39 is 35.4 Å². The summed E-state index contributed by atoms with van der Waals surface area (Å²) in [5.41, 5.74) is 1.16. The van der Waals surface area contributed by atoms with E-state index in [0.717, 1.165) is 10.2 Å². The van der Waals surface area contributed by atoms with Gasteiger partial charge in [-0.15, -0.1) is 0 Å². The number of alkyl carbamates (subject to hydrolysis) is 2. The zero-order valence-electron chi connectivity index (χ0n) is 28.0. The van der Waals surface area contributed by atoms with E-state index in [-0.39, 0.29) is 18.0 Å². The Morgan fingerprint density at radius 1 is 0.809 bits per heavy atom. The first-order valence-corrected chi connectivity index (χ1v) is 15.9. The van der Waals surface area contributed by atoms with Crippen molar-refractivity contribution >= 4 is 50.7 Å². The van der Waals surface area contributed by atoms with Gasteiger partial charge in [-0.2, -0.15) is 0 Å². The second kappa shape index (κ2) is 17.7. The van der Waals surface area contributed by atoms with Crippen LogP contribution in [0.15, 0.2) is 78.9 Å². The summed E-state index contributed by atoms with van der Waals surface area (Å²) in [6, 6.07) is 22.2. The number of hydrogen-bond acceptors (Lipinski definition) is 8. The first-order valence-electron chi connectivity index (χ1n) is 15.1. The van der Waals surface area contributed by atoms with Gasteiger partial charge >= 0.3 is 18.2 Å². The zero-order valence-corrected chi connectivity index (χ0v) is 28.9. The Morgan fingerprint density at radius 3 is 2.00 bits per heavy atom. The smallest absolute Gasteiger partial charge is 0.408 e. The minimum absolute atomic E-state index is 0.193. The second-order valence-corrected chi connectivity index (χ2v) is 12.9. The molecule has 0 aliphatic carbocycles. The van der Waals surface area contributed by atoms with Gasteiger partial charge < -0.3 is 25.2 Å². The topological polar surface area (TPSA) is 156 Å². The molecule has 0 saturated heterocycles. The molecule has 3 amide bonds. The van der Waals surface area contributed by atoms with Crippen molar-refractivity contribution in [2.24, 2.45) is 0 Å². The molecule has 4 N–H and O–H groups in total. The van der Waals surface area contributed by atoms with Gasteiger partial charge in [-0.1, -0.05) is 79.8 Å². The maximum Gasteiger partial charge on any atom is 0.408 e. The van der Waals surface area contributed by atoms with Crippen LogP contribution in [0, 0.1) is 0 Å². The number of nitrogens with one attached hydrogen (secondary N) is 3. The number of carboxylic acid groups (broad SMARTS) is 1. The molecule has 1 unspecified atom stereocenters. The maximum atomic E-state index is 12.9. The maximum absolute atomic E-state index is 12.9. The standard InChI is InChI=1S/C20H21N3O3S.C13H17NO4.C2H6/c1-20(2,3)26-19(25)22-16(13-9-5-4-6-10-13)17(24)23-18-21-14-11-7-8-12-15(14)27-18;1-13(2,3)18-12(17)14-8-9-5-4-6-10(7-9)11(15)16;1-2/h4-12,16H,1-3H3,(H,22,25)(H,21,23,24);4-7H,8H2,1-3H3,(H,14,17)(H,15,16);1-2H3. The van der Waals surface area contributed by atoms with E-state index in [0.29, 0.717) is 16.3 Å². The van der Waals surface area contributed by atoms with Crippen LogP contribution in [-0.4, -0.2) is 45.4 Å². The van der Waals surface area contributed by atoms with E-state index in [4.69, 9.17) is 14.6 Å². The number of fused-ring (bicyclic) bond motifs is 1. The summed E-state index contributed by atoms with van der Waals surface area (Å²) in [5.74, 6) is -1.37. The highest BCUT2D eigenvalue weighted by molar-refractivity contribution is 7.22. The number of nitrogens with zero attached hydrogens (tertiary/aromatic N) is 1. The van der Waals surface area contributed by atoms with Crippen LogP contribution >= 0.6 is 11.3 Å². The number of anilines is 1. The monoisotopic (exact) mass is 664 g/mol. The fourth-order valence-electron chi connectivity index (χ4n) is 3.78. The normalized spacial score (nSPS) is 11.4. The number of carbonyl (C=O) groups excluding carboxylic acids is 3. The van der Waals surface area contributed by atoms with E-state index in [1.807, 2.05) is 56.3 Å². The molecule has 47 heavy (non-hydrogen) atoms. The number of benzene rings is 3. The van der Waals surface area contributed by atoms with Crippen LogP contribution in [-0.2, 0) is 20.8 Å². The summed E-state index contributed by atoms with van der Waals surface area (Å²) in [6.45, 7) is 14.9. The minimum Gasteiger partial charge on any atom is -0.478 e. The van der Waals surface area contributed by atoms with Gasteiger partial charge in [-0.25, -0.2) is 19.4 Å². The van der Waals surface area contributed by atoms with Gasteiger partial charge in [0.2, 0.25) is 0 Å². The molecule has 1 aromatic heterocycles. The lowest BCUT2D eigenvalue weighted by molar-refractivity contribution is -0.118. The molecule has 1 atom stereocenters. The lowest BCUT2D eigenvalue weighted by Crippen LogP contribution is -2.40. The predicted octanol–water partition coefficient (Wildman–Crippen LogP) is 7.94. The summed E-state index contributed by atoms with van der Waals surface area (Å²) in [5, 5.41) is 17.3. The fourth-order valence-corrected chi connectivity index (χ4v) is 4.65. The fraction of sp³-hybridized carbons (Fsp3) is 0.343. The largest absolute Gasteiger partial charge is 0.478 e. The quantitative estimate of drug-likeness (QED) is 0.155. The molecular weight excluding hydrogens is 620 g/mol. The molecule has 11 nitrogen and oxygen atoms in total. The predicted molar refractivity (Wildman–Crippen MR) is 185 cm³/mol. The average molecular weight is 665 g/mol. The van der Waals surface area contributed by atoms with Crippen LogP contribution in [0.25, 0.3) is 10.2 Å². The van der Waals surface area contributed by atoms with Gasteiger partial charge in [0.1, 0.15) is 17.2 Å². The van der Waals surface area contributed by atoms with Crippen LogP contribution in [0.1, 0.15) is 82.9 Å². The summed E-state index contributed by atoms with van der Waals surface area (Å²) in [4.78, 5) is 51.7. The van der Waals surface area contributed by atoms with Crippen molar-refractivity contribution in [3.05, 3.63) is 95.6 Å². The van der Waals surface area contributed by atoms with E-state index in [1.165, 1.54) is 23.5 Å². The number of rotatable bonds is 7. The van der Waals surface area contributed by atoms with E-state index in [1.54, 1.807) is 65.8 Å². The van der Waals surface area contributed by atoms with Gasteiger partial charge in [-0.05, 0) is 76.9 Å². The minimum atomic E-state index is -0.992. The number of aromatic carboxylic acids is 1. The average Bonchev–Trinajstić information content (AvgIpc) is 3.41. The molecule has 0 aliphatic rings. The lowest BCUT2D eigenvalue weighted by Gasteiger charge is -2.23. The summed E-state index contributed by atoms with van der Waals surface area (Å²) < 4.78 is 11.3. The Hall–Kier alpha value is -4.97. The van der Waals surface area contributed by atoms with Crippen molar-refractivity contribution in [3.8, 4) is 0 Å². The number of aromatic nitrogens is 1. The number of amides is 3. The molecule has 0 saturated carbocycles. The Kier molecular flexibility index (Phi) is 14.4. The molecule has 0 aliphatic heterocycles. The van der Waals surface area contributed by atoms with Gasteiger partial charge in [0.25, 0.3) is 5.91 Å². The van der Waals surface area contributed by atoms with Crippen molar-refractivity contribution in [1.82, 2.24) is 15.6 Å². The first kappa shape index (κ1) is 38.2. The summed E-state index contributed by atoms with van der Waals surface area (Å²) in [6.07, 6.45) is -1.18. The number of ether oxygens (including phenoxy) is 2. The van der Waals surface area contributed by atoms with Crippen molar-refractivity contribution in [1.29, 1.82) is 0 Å². The number of para-hydroxylation sites is 1. The molecule has 3 aromatic carbocycles. The lowest BCUT2D eigenvalue weighted by atomic mass is 10.1. The number of carboxylic acids is 1.